The maximum absolute atomic E-state index is 12.6. The summed E-state index contributed by atoms with van der Waals surface area (Å²) in [5.41, 5.74) is 0.239. The number of aromatic nitrogens is 2. The van der Waals surface area contributed by atoms with Crippen LogP contribution in [0.4, 0.5) is 13.2 Å². The lowest BCUT2D eigenvalue weighted by Gasteiger charge is -2.14. The lowest BCUT2D eigenvalue weighted by atomic mass is 9.93. The number of halogens is 3. The van der Waals surface area contributed by atoms with Gasteiger partial charge in [-0.3, -0.25) is 0 Å². The molecule has 0 amide bonds. The van der Waals surface area contributed by atoms with Gasteiger partial charge in [0.05, 0.1) is 17.2 Å². The predicted molar refractivity (Wildman–Crippen MR) is 104 cm³/mol. The van der Waals surface area contributed by atoms with Crippen LogP contribution in [-0.4, -0.2) is 29.0 Å². The molecule has 2 aromatic heterocycles. The molecule has 2 heterocycles. The standard InChI is InChI=1S/C17H24F3N5S2/c1-5-21-15(23-8-14-25-12(10-27-14)17(18,19)20)22-7-6-13-24-11(9-26-13)16(2,3)4/h9-10H,5-8H2,1-4H3,(H2,21,22,23). The molecule has 0 aliphatic rings. The smallest absolute Gasteiger partial charge is 0.357 e. The minimum Gasteiger partial charge on any atom is -0.357 e. The Labute approximate surface area is 165 Å². The molecule has 2 aromatic rings. The molecule has 0 atom stereocenters. The first-order valence-electron chi connectivity index (χ1n) is 8.58. The van der Waals surface area contributed by atoms with E-state index in [1.807, 2.05) is 6.92 Å². The van der Waals surface area contributed by atoms with E-state index in [1.54, 1.807) is 11.3 Å². The van der Waals surface area contributed by atoms with E-state index in [4.69, 9.17) is 0 Å². The molecule has 0 bridgehead atoms. The van der Waals surface area contributed by atoms with E-state index >= 15 is 0 Å². The zero-order valence-electron chi connectivity index (χ0n) is 15.8. The lowest BCUT2D eigenvalue weighted by Crippen LogP contribution is -2.38. The highest BCUT2D eigenvalue weighted by atomic mass is 32.1. The molecular formula is C17H24F3N5S2. The fourth-order valence-corrected chi connectivity index (χ4v) is 3.81. The average Bonchev–Trinajstić information content (AvgIpc) is 3.21. The Morgan fingerprint density at radius 3 is 2.22 bits per heavy atom. The van der Waals surface area contributed by atoms with Crippen molar-refractivity contribution in [3.05, 3.63) is 32.2 Å². The number of nitrogens with zero attached hydrogens (tertiary/aromatic N) is 3. The molecule has 0 aromatic carbocycles. The van der Waals surface area contributed by atoms with Gasteiger partial charge in [-0.1, -0.05) is 20.8 Å². The highest BCUT2D eigenvalue weighted by Gasteiger charge is 2.33. The second-order valence-corrected chi connectivity index (χ2v) is 8.76. The first-order valence-corrected chi connectivity index (χ1v) is 10.3. The van der Waals surface area contributed by atoms with E-state index in [2.05, 4.69) is 51.7 Å². The van der Waals surface area contributed by atoms with Gasteiger partial charge in [-0.05, 0) is 6.92 Å². The van der Waals surface area contributed by atoms with Crippen molar-refractivity contribution < 1.29 is 13.2 Å². The second kappa shape index (κ2) is 9.01. The van der Waals surface area contributed by atoms with Gasteiger partial charge in [-0.2, -0.15) is 13.2 Å². The fourth-order valence-electron chi connectivity index (χ4n) is 2.06. The van der Waals surface area contributed by atoms with Crippen molar-refractivity contribution in [2.24, 2.45) is 4.99 Å². The largest absolute Gasteiger partial charge is 0.434 e. The van der Waals surface area contributed by atoms with Gasteiger partial charge in [0.15, 0.2) is 11.7 Å². The van der Waals surface area contributed by atoms with Crippen molar-refractivity contribution >= 4 is 28.6 Å². The Hall–Kier alpha value is -1.68. The van der Waals surface area contributed by atoms with Gasteiger partial charge in [0.25, 0.3) is 0 Å². The zero-order chi connectivity index (χ0) is 20.1. The second-order valence-electron chi connectivity index (χ2n) is 6.87. The van der Waals surface area contributed by atoms with Gasteiger partial charge in [-0.15, -0.1) is 22.7 Å². The van der Waals surface area contributed by atoms with Crippen LogP contribution in [0.1, 0.15) is 49.1 Å². The van der Waals surface area contributed by atoms with Crippen molar-refractivity contribution in [2.45, 2.75) is 52.3 Å². The number of aliphatic imine (C=N–C) groups is 1. The highest BCUT2D eigenvalue weighted by Crippen LogP contribution is 2.30. The quantitative estimate of drug-likeness (QED) is 0.544. The Morgan fingerprint density at radius 2 is 1.67 bits per heavy atom. The van der Waals surface area contributed by atoms with Crippen LogP contribution < -0.4 is 10.6 Å². The molecule has 2 rings (SSSR count). The monoisotopic (exact) mass is 419 g/mol. The van der Waals surface area contributed by atoms with Crippen LogP contribution in [0.3, 0.4) is 0 Å². The van der Waals surface area contributed by atoms with Gasteiger partial charge in [-0.25, -0.2) is 15.0 Å². The molecule has 0 fully saturated rings. The van der Waals surface area contributed by atoms with Crippen LogP contribution in [0.5, 0.6) is 0 Å². The molecule has 150 valence electrons. The Bertz CT molecular complexity index is 759. The van der Waals surface area contributed by atoms with Gasteiger partial charge in [0.2, 0.25) is 0 Å². The molecule has 5 nitrogen and oxygen atoms in total. The maximum Gasteiger partial charge on any atom is 0.434 e. The third-order valence-electron chi connectivity index (χ3n) is 3.51. The van der Waals surface area contributed by atoms with Gasteiger partial charge < -0.3 is 10.6 Å². The summed E-state index contributed by atoms with van der Waals surface area (Å²) in [7, 11) is 0. The summed E-state index contributed by atoms with van der Waals surface area (Å²) in [5, 5.41) is 10.7. The van der Waals surface area contributed by atoms with E-state index in [-0.39, 0.29) is 12.0 Å². The number of rotatable bonds is 6. The van der Waals surface area contributed by atoms with Crippen molar-refractivity contribution in [1.82, 2.24) is 20.6 Å². The van der Waals surface area contributed by atoms with Crippen LogP contribution in [0.25, 0.3) is 0 Å². The SMILES string of the molecule is CCNC(=NCc1nc(C(F)(F)F)cs1)NCCc1nc(C(C)(C)C)cs1. The molecule has 0 aliphatic carbocycles. The van der Waals surface area contributed by atoms with Gasteiger partial charge in [0, 0.05) is 35.7 Å². The Balaban J connectivity index is 1.90. The average molecular weight is 420 g/mol. The number of hydrogen-bond donors (Lipinski definition) is 2. The Morgan fingerprint density at radius 1 is 1.04 bits per heavy atom. The summed E-state index contributed by atoms with van der Waals surface area (Å²) in [6.45, 7) is 9.70. The van der Waals surface area contributed by atoms with Crippen LogP contribution in [0.15, 0.2) is 15.8 Å². The summed E-state index contributed by atoms with van der Waals surface area (Å²) < 4.78 is 37.8. The summed E-state index contributed by atoms with van der Waals surface area (Å²) in [6.07, 6.45) is -3.67. The van der Waals surface area contributed by atoms with Crippen LogP contribution in [0, 0.1) is 0 Å². The molecule has 27 heavy (non-hydrogen) atoms. The number of thiazole rings is 2. The van der Waals surface area contributed by atoms with E-state index in [9.17, 15) is 13.2 Å². The maximum atomic E-state index is 12.6. The minimum absolute atomic E-state index is 0.0293. The normalized spacial score (nSPS) is 13.1. The minimum atomic E-state index is -4.42. The van der Waals surface area contributed by atoms with E-state index in [0.717, 1.165) is 33.8 Å². The van der Waals surface area contributed by atoms with Crippen molar-refractivity contribution in [3.8, 4) is 0 Å². The third-order valence-corrected chi connectivity index (χ3v) is 5.25. The molecule has 0 aliphatic heterocycles. The van der Waals surface area contributed by atoms with Gasteiger partial charge in [0.1, 0.15) is 5.01 Å². The van der Waals surface area contributed by atoms with E-state index < -0.39 is 11.9 Å². The summed E-state index contributed by atoms with van der Waals surface area (Å²) in [4.78, 5) is 12.5. The molecule has 10 heteroatoms. The fraction of sp³-hybridized carbons (Fsp3) is 0.588. The number of nitrogens with one attached hydrogen (secondary N) is 2. The molecule has 0 spiro atoms. The number of hydrogen-bond acceptors (Lipinski definition) is 5. The summed E-state index contributed by atoms with van der Waals surface area (Å²) >= 11 is 2.59. The molecular weight excluding hydrogens is 395 g/mol. The lowest BCUT2D eigenvalue weighted by molar-refractivity contribution is -0.140. The highest BCUT2D eigenvalue weighted by molar-refractivity contribution is 7.09. The van der Waals surface area contributed by atoms with Crippen LogP contribution in [0.2, 0.25) is 0 Å². The number of alkyl halides is 3. The van der Waals surface area contributed by atoms with Crippen LogP contribution in [-0.2, 0) is 24.6 Å². The van der Waals surface area contributed by atoms with Crippen molar-refractivity contribution in [1.29, 1.82) is 0 Å². The first kappa shape index (κ1) is 21.6. The molecule has 0 saturated carbocycles. The predicted octanol–water partition coefficient (Wildman–Crippen LogP) is 4.21. The van der Waals surface area contributed by atoms with E-state index in [0.29, 0.717) is 24.1 Å². The molecule has 0 saturated heterocycles. The molecule has 2 N–H and O–H groups in total. The molecule has 0 radical (unpaired) electrons. The van der Waals surface area contributed by atoms with Crippen molar-refractivity contribution in [3.63, 3.8) is 0 Å². The third kappa shape index (κ3) is 6.76. The zero-order valence-corrected chi connectivity index (χ0v) is 17.4. The Kier molecular flexibility index (Phi) is 7.21. The molecule has 0 unspecified atom stereocenters. The number of guanidine groups is 1. The van der Waals surface area contributed by atoms with Gasteiger partial charge >= 0.3 is 6.18 Å². The topological polar surface area (TPSA) is 62.2 Å². The van der Waals surface area contributed by atoms with Crippen molar-refractivity contribution in [2.75, 3.05) is 13.1 Å². The summed E-state index contributed by atoms with van der Waals surface area (Å²) in [5.74, 6) is 0.550. The van der Waals surface area contributed by atoms with Crippen LogP contribution >= 0.6 is 22.7 Å². The summed E-state index contributed by atoms with van der Waals surface area (Å²) in [6, 6.07) is 0. The van der Waals surface area contributed by atoms with E-state index in [1.165, 1.54) is 0 Å². The first-order chi connectivity index (χ1) is 12.6.